The minimum atomic E-state index is -0.512. The fourth-order valence-corrected chi connectivity index (χ4v) is 1.51. The molecule has 0 aliphatic heterocycles. The van der Waals surface area contributed by atoms with Crippen LogP contribution in [0.1, 0.15) is 20.3 Å². The first-order valence-corrected chi connectivity index (χ1v) is 6.74. The molecule has 0 unspecified atom stereocenters. The number of hydrogen-bond donors (Lipinski definition) is 1. The van der Waals surface area contributed by atoms with Gasteiger partial charge in [0.15, 0.2) is 6.61 Å². The summed E-state index contributed by atoms with van der Waals surface area (Å²) in [6.07, 6.45) is 0.902. The average Bonchev–Trinajstić information content (AvgIpc) is 2.44. The van der Waals surface area contributed by atoms with Crippen LogP contribution in [0.15, 0.2) is 24.3 Å². The van der Waals surface area contributed by atoms with Gasteiger partial charge in [0.2, 0.25) is 0 Å². The Balaban J connectivity index is 2.24. The van der Waals surface area contributed by atoms with Crippen molar-refractivity contribution in [3.8, 4) is 5.75 Å². The Kier molecular flexibility index (Phi) is 7.17. The summed E-state index contributed by atoms with van der Waals surface area (Å²) in [6, 6.07) is 5.72. The Labute approximate surface area is 123 Å². The van der Waals surface area contributed by atoms with E-state index in [4.69, 9.17) is 9.47 Å². The van der Waals surface area contributed by atoms with Crippen LogP contribution in [-0.4, -0.2) is 36.7 Å². The van der Waals surface area contributed by atoms with Crippen molar-refractivity contribution in [2.24, 2.45) is 0 Å². The summed E-state index contributed by atoms with van der Waals surface area (Å²) >= 11 is 0. The van der Waals surface area contributed by atoms with Crippen LogP contribution in [-0.2, 0) is 9.53 Å². The molecule has 1 rings (SSSR count). The molecule has 0 saturated carbocycles. The third-order valence-electron chi connectivity index (χ3n) is 2.49. The summed E-state index contributed by atoms with van der Waals surface area (Å²) in [5.74, 6) is 0.0218. The summed E-state index contributed by atoms with van der Waals surface area (Å²) in [6.45, 7) is 4.82. The molecule has 0 saturated heterocycles. The molecular formula is C14H20N2O5. The van der Waals surface area contributed by atoms with Gasteiger partial charge in [-0.1, -0.05) is 6.07 Å². The van der Waals surface area contributed by atoms with Crippen LogP contribution in [0.3, 0.4) is 0 Å². The van der Waals surface area contributed by atoms with Crippen molar-refractivity contribution in [2.45, 2.75) is 26.4 Å². The highest BCUT2D eigenvalue weighted by molar-refractivity contribution is 5.77. The van der Waals surface area contributed by atoms with Gasteiger partial charge in [0.1, 0.15) is 5.75 Å². The number of nitrogens with zero attached hydrogens (tertiary/aromatic N) is 1. The van der Waals surface area contributed by atoms with Crippen molar-refractivity contribution in [1.29, 1.82) is 0 Å². The molecule has 116 valence electrons. The second-order valence-electron chi connectivity index (χ2n) is 4.67. The maximum Gasteiger partial charge on any atom is 0.273 e. The zero-order valence-electron chi connectivity index (χ0n) is 12.2. The summed E-state index contributed by atoms with van der Waals surface area (Å²) in [4.78, 5) is 21.6. The van der Waals surface area contributed by atoms with E-state index < -0.39 is 4.92 Å². The molecule has 1 aromatic rings. The molecular weight excluding hydrogens is 276 g/mol. The van der Waals surface area contributed by atoms with Crippen LogP contribution in [0.25, 0.3) is 0 Å². The maximum absolute atomic E-state index is 11.5. The number of carbonyl (C=O) groups is 1. The van der Waals surface area contributed by atoms with E-state index >= 15 is 0 Å². The molecule has 0 radical (unpaired) electrons. The molecule has 1 amide bonds. The van der Waals surface area contributed by atoms with E-state index in [0.717, 1.165) is 6.42 Å². The van der Waals surface area contributed by atoms with Crippen LogP contribution < -0.4 is 10.1 Å². The predicted molar refractivity (Wildman–Crippen MR) is 77.3 cm³/mol. The zero-order valence-corrected chi connectivity index (χ0v) is 12.2. The van der Waals surface area contributed by atoms with Gasteiger partial charge in [0.25, 0.3) is 11.6 Å². The van der Waals surface area contributed by atoms with Crippen LogP contribution >= 0.6 is 0 Å². The SMILES string of the molecule is CC(C)OCCCNC(=O)COc1cccc([N+](=O)[O-])c1. The Hall–Kier alpha value is -2.15. The number of ether oxygens (including phenoxy) is 2. The monoisotopic (exact) mass is 296 g/mol. The van der Waals surface area contributed by atoms with Crippen LogP contribution in [0, 0.1) is 10.1 Å². The third kappa shape index (κ3) is 7.26. The van der Waals surface area contributed by atoms with Gasteiger partial charge in [-0.2, -0.15) is 0 Å². The molecule has 0 aromatic heterocycles. The lowest BCUT2D eigenvalue weighted by Gasteiger charge is -2.09. The van der Waals surface area contributed by atoms with Crippen LogP contribution in [0.5, 0.6) is 5.75 Å². The standard InChI is InChI=1S/C14H20N2O5/c1-11(2)20-8-4-7-15-14(17)10-21-13-6-3-5-12(9-13)16(18)19/h3,5-6,9,11H,4,7-8,10H2,1-2H3,(H,15,17). The topological polar surface area (TPSA) is 90.7 Å². The first-order chi connectivity index (χ1) is 9.99. The molecule has 0 heterocycles. The first kappa shape index (κ1) is 16.9. The smallest absolute Gasteiger partial charge is 0.273 e. The highest BCUT2D eigenvalue weighted by atomic mass is 16.6. The molecule has 7 heteroatoms. The van der Waals surface area contributed by atoms with E-state index in [9.17, 15) is 14.9 Å². The number of nitrogens with one attached hydrogen (secondary N) is 1. The normalized spacial score (nSPS) is 10.4. The minimum absolute atomic E-state index is 0.0706. The van der Waals surface area contributed by atoms with Crippen LogP contribution in [0.2, 0.25) is 0 Å². The van der Waals surface area contributed by atoms with Gasteiger partial charge < -0.3 is 14.8 Å². The fraction of sp³-hybridized carbons (Fsp3) is 0.500. The van der Waals surface area contributed by atoms with E-state index in [1.165, 1.54) is 18.2 Å². The highest BCUT2D eigenvalue weighted by Gasteiger charge is 2.08. The highest BCUT2D eigenvalue weighted by Crippen LogP contribution is 2.18. The molecule has 0 aliphatic carbocycles. The van der Waals surface area contributed by atoms with E-state index in [2.05, 4.69) is 5.32 Å². The average molecular weight is 296 g/mol. The number of hydrogen-bond acceptors (Lipinski definition) is 5. The largest absolute Gasteiger partial charge is 0.484 e. The van der Waals surface area contributed by atoms with Crippen molar-refractivity contribution in [3.63, 3.8) is 0 Å². The summed E-state index contributed by atoms with van der Waals surface area (Å²) < 4.78 is 10.5. The molecule has 21 heavy (non-hydrogen) atoms. The van der Waals surface area contributed by atoms with E-state index in [1.807, 2.05) is 13.8 Å². The number of nitro benzene ring substituents is 1. The molecule has 0 bridgehead atoms. The van der Waals surface area contributed by atoms with Gasteiger partial charge in [0.05, 0.1) is 17.1 Å². The predicted octanol–water partition coefficient (Wildman–Crippen LogP) is 1.90. The molecule has 0 fully saturated rings. The number of non-ortho nitro benzene ring substituents is 1. The van der Waals surface area contributed by atoms with Gasteiger partial charge in [-0.15, -0.1) is 0 Å². The van der Waals surface area contributed by atoms with Gasteiger partial charge in [-0.3, -0.25) is 14.9 Å². The second-order valence-corrected chi connectivity index (χ2v) is 4.67. The van der Waals surface area contributed by atoms with E-state index in [-0.39, 0.29) is 24.3 Å². The Bertz CT molecular complexity index is 476. The zero-order chi connectivity index (χ0) is 15.7. The molecule has 7 nitrogen and oxygen atoms in total. The lowest BCUT2D eigenvalue weighted by molar-refractivity contribution is -0.384. The number of benzene rings is 1. The van der Waals surface area contributed by atoms with E-state index in [0.29, 0.717) is 18.9 Å². The fourth-order valence-electron chi connectivity index (χ4n) is 1.51. The first-order valence-electron chi connectivity index (χ1n) is 6.74. The molecule has 0 aliphatic rings. The third-order valence-corrected chi connectivity index (χ3v) is 2.49. The number of carbonyl (C=O) groups excluding carboxylic acids is 1. The van der Waals surface area contributed by atoms with Gasteiger partial charge >= 0.3 is 0 Å². The van der Waals surface area contributed by atoms with Crippen molar-refractivity contribution in [2.75, 3.05) is 19.8 Å². The second kappa shape index (κ2) is 8.91. The van der Waals surface area contributed by atoms with Crippen LogP contribution in [0.4, 0.5) is 5.69 Å². The minimum Gasteiger partial charge on any atom is -0.484 e. The number of amides is 1. The Morgan fingerprint density at radius 3 is 2.86 bits per heavy atom. The summed E-state index contributed by atoms with van der Waals surface area (Å²) in [5.41, 5.74) is -0.0706. The molecule has 1 N–H and O–H groups in total. The number of nitro groups is 1. The van der Waals surface area contributed by atoms with Crippen molar-refractivity contribution >= 4 is 11.6 Å². The number of rotatable bonds is 9. The Morgan fingerprint density at radius 1 is 1.43 bits per heavy atom. The molecule has 0 atom stereocenters. The molecule has 0 spiro atoms. The lowest BCUT2D eigenvalue weighted by Crippen LogP contribution is -2.30. The van der Waals surface area contributed by atoms with E-state index in [1.54, 1.807) is 6.07 Å². The van der Waals surface area contributed by atoms with Crippen molar-refractivity contribution in [1.82, 2.24) is 5.32 Å². The Morgan fingerprint density at radius 2 is 2.19 bits per heavy atom. The van der Waals surface area contributed by atoms with Crippen molar-refractivity contribution < 1.29 is 19.2 Å². The maximum atomic E-state index is 11.5. The summed E-state index contributed by atoms with van der Waals surface area (Å²) in [5, 5.41) is 13.3. The molecule has 1 aromatic carbocycles. The van der Waals surface area contributed by atoms with Gasteiger partial charge in [-0.05, 0) is 26.3 Å². The van der Waals surface area contributed by atoms with Gasteiger partial charge in [-0.25, -0.2) is 0 Å². The van der Waals surface area contributed by atoms with Crippen molar-refractivity contribution in [3.05, 3.63) is 34.4 Å². The van der Waals surface area contributed by atoms with Gasteiger partial charge in [0, 0.05) is 19.2 Å². The summed E-state index contributed by atoms with van der Waals surface area (Å²) in [7, 11) is 0. The quantitative estimate of drug-likeness (QED) is 0.427. The lowest BCUT2D eigenvalue weighted by atomic mass is 10.3.